The molecule has 25 nitrogen and oxygen atoms in total. The zero-order valence-electron chi connectivity index (χ0n) is 49.6. The van der Waals surface area contributed by atoms with Crippen molar-refractivity contribution in [1.29, 1.82) is 0 Å². The van der Waals surface area contributed by atoms with Crippen LogP contribution in [0, 0.1) is 5.92 Å². The van der Waals surface area contributed by atoms with Crippen LogP contribution in [0.25, 0.3) is 22.3 Å². The van der Waals surface area contributed by atoms with Crippen LogP contribution in [0.5, 0.6) is 11.5 Å². The van der Waals surface area contributed by atoms with Crippen LogP contribution >= 0.6 is 0 Å². The van der Waals surface area contributed by atoms with Crippen LogP contribution in [0.4, 0.5) is 0 Å². The molecule has 0 aromatic heterocycles. The van der Waals surface area contributed by atoms with E-state index in [2.05, 4.69) is 33.5 Å². The average molecular weight is 1210 g/mol. The first-order chi connectivity index (χ1) is 41.4. The van der Waals surface area contributed by atoms with E-state index in [0.29, 0.717) is 6.61 Å². The van der Waals surface area contributed by atoms with E-state index in [9.17, 15) is 74.4 Å². The molecule has 3 fully saturated rings. The molecule has 3 aliphatic rings. The van der Waals surface area contributed by atoms with Crippen LogP contribution in [0.15, 0.2) is 97.1 Å². The van der Waals surface area contributed by atoms with Gasteiger partial charge in [-0.3, -0.25) is 33.6 Å². The number of unbranched alkanes of at least 4 members (excludes halogenated alkanes) is 2. The van der Waals surface area contributed by atoms with Crippen molar-refractivity contribution in [3.8, 4) is 33.8 Å². The molecule has 3 heterocycles. The predicted octanol–water partition coefficient (Wildman–Crippen LogP) is -0.341. The summed E-state index contributed by atoms with van der Waals surface area (Å²) in [6.07, 6.45) is -12.6. The van der Waals surface area contributed by atoms with Gasteiger partial charge in [-0.1, -0.05) is 87.4 Å². The van der Waals surface area contributed by atoms with E-state index in [1.54, 1.807) is 31.1 Å². The summed E-state index contributed by atoms with van der Waals surface area (Å²) < 4.78 is 11.9. The van der Waals surface area contributed by atoms with E-state index < -0.39 is 152 Å². The third-order valence-electron chi connectivity index (χ3n) is 15.9. The molecule has 0 radical (unpaired) electrons. The Morgan fingerprint density at radius 1 is 0.655 bits per heavy atom. The molecule has 472 valence electrons. The van der Waals surface area contributed by atoms with Crippen molar-refractivity contribution in [3.05, 3.63) is 108 Å². The van der Waals surface area contributed by atoms with Crippen molar-refractivity contribution in [2.45, 2.75) is 145 Å². The van der Waals surface area contributed by atoms with Gasteiger partial charge in [-0.25, -0.2) is 0 Å². The minimum Gasteiger partial charge on any atom is -0.508 e. The molecular weight excluding hydrogens is 1130 g/mol. The maximum atomic E-state index is 14.8. The quantitative estimate of drug-likeness (QED) is 0.0567. The molecule has 13 N–H and O–H groups in total. The molecule has 7 amide bonds. The maximum absolute atomic E-state index is 14.8. The fourth-order valence-corrected chi connectivity index (χ4v) is 10.7. The highest BCUT2D eigenvalue weighted by molar-refractivity contribution is 6.00. The minimum absolute atomic E-state index is 0.0451. The van der Waals surface area contributed by atoms with Gasteiger partial charge in [0.1, 0.15) is 66.1 Å². The van der Waals surface area contributed by atoms with Crippen molar-refractivity contribution in [2.24, 2.45) is 5.92 Å². The third kappa shape index (κ3) is 16.9. The molecule has 3 aliphatic heterocycles. The van der Waals surface area contributed by atoms with E-state index in [1.807, 2.05) is 48.5 Å². The van der Waals surface area contributed by atoms with Gasteiger partial charge in [0.2, 0.25) is 35.4 Å². The number of benzene rings is 4. The summed E-state index contributed by atoms with van der Waals surface area (Å²) in [5, 5.41) is 102. The van der Waals surface area contributed by atoms with E-state index in [0.717, 1.165) is 70.9 Å². The summed E-state index contributed by atoms with van der Waals surface area (Å²) in [6.45, 7) is 5.69. The number of rotatable bonds is 18. The maximum Gasteiger partial charge on any atom is 0.251 e. The zero-order chi connectivity index (χ0) is 63.4. The number of hydrogen-bond acceptors (Lipinski definition) is 18. The molecule has 0 saturated carbocycles. The topological polar surface area (TPSA) is 370 Å². The molecule has 0 spiro atoms. The molecule has 3 saturated heterocycles. The van der Waals surface area contributed by atoms with Crippen LogP contribution < -0.4 is 31.3 Å². The first-order valence-electron chi connectivity index (χ1n) is 29.3. The summed E-state index contributed by atoms with van der Waals surface area (Å²) in [4.78, 5) is 105. The van der Waals surface area contributed by atoms with Crippen LogP contribution in [-0.4, -0.2) is 223 Å². The van der Waals surface area contributed by atoms with Gasteiger partial charge >= 0.3 is 0 Å². The highest BCUT2D eigenvalue weighted by atomic mass is 16.5. The lowest BCUT2D eigenvalue weighted by molar-refractivity contribution is -0.149. The molecule has 25 heteroatoms. The predicted molar refractivity (Wildman–Crippen MR) is 316 cm³/mol. The minimum atomic E-state index is -2.29. The Kier molecular flexibility index (Phi) is 23.4. The number of carbonyl (C=O) groups excluding carboxylic acids is 7. The monoisotopic (exact) mass is 1210 g/mol. The Balaban J connectivity index is 1.22. The number of aliphatic hydroxyl groups is 7. The van der Waals surface area contributed by atoms with Gasteiger partial charge in [0, 0.05) is 44.0 Å². The Hall–Kier alpha value is -7.59. The first kappa shape index (κ1) is 66.9. The molecule has 4 aromatic rings. The van der Waals surface area contributed by atoms with Gasteiger partial charge in [-0.2, -0.15) is 0 Å². The second-order valence-corrected chi connectivity index (χ2v) is 22.9. The van der Waals surface area contributed by atoms with Crippen LogP contribution in [0.1, 0.15) is 81.8 Å². The second-order valence-electron chi connectivity index (χ2n) is 22.9. The van der Waals surface area contributed by atoms with Gasteiger partial charge in [-0.05, 0) is 98.6 Å². The fourth-order valence-electron chi connectivity index (χ4n) is 10.7. The highest BCUT2D eigenvalue weighted by Gasteiger charge is 2.50. The van der Waals surface area contributed by atoms with E-state index in [1.165, 1.54) is 43.3 Å². The Morgan fingerprint density at radius 2 is 1.20 bits per heavy atom. The molecule has 15 atom stereocenters. The SMILES string of the molecule is CCCCCOc1ccc(-c2ccc(-c3ccc(C(=O)N[C@H]4C[C@@H](O)[C@@H](OCCN(C)C)NC(=O)[C@@H]5[C@@H](O)[C@@H](C)CN5C(=O)[C@H]([C@H](C)O)NC(=O)[C@H]([C@H](O)[C@@H](O)c5ccc(O)cc5)NC(=O)[C@@H]5C[C@@H](O)CN5C(=O)[C@H]([C@H](C)O)NC4=O)cc3)cc2)cc1. The summed E-state index contributed by atoms with van der Waals surface area (Å²) in [5.74, 6) is -8.26. The summed E-state index contributed by atoms with van der Waals surface area (Å²) >= 11 is 0. The summed E-state index contributed by atoms with van der Waals surface area (Å²) in [6, 6.07) is 15.2. The number of amides is 7. The van der Waals surface area contributed by atoms with Crippen LogP contribution in [0.2, 0.25) is 0 Å². The molecule has 0 unspecified atom stereocenters. The standard InChI is InChI=1S/C62H82N8O17/c1-7-8-9-27-86-44-24-20-39(21-25-44)37-12-10-36(11-13-37)38-14-16-41(17-15-38)55(79)63-45-30-47(75)60(87-28-26-68(5)6)67-59(83)51-52(76)33(2)31-70(51)62(85)49(35(4)72)65-58(82)50(54(78)53(77)40-18-22-42(73)23-19-40)66-57(81)46-29-43(74)32-69(46)61(84)48(34(3)71)64-56(45)80/h10-25,33-35,43,45-54,60,71-78H,7-9,26-32H2,1-6H3,(H,63,79)(H,64,80)(H,65,82)(H,66,81)(H,67,83)/t33-,34-,35-,43+,45-,46-,47+,48-,49-,50-,51-,52-,53-,54-,60+/m0/s1. The van der Waals surface area contributed by atoms with Crippen LogP contribution in [-0.2, 0) is 33.5 Å². The molecule has 87 heavy (non-hydrogen) atoms. The Bertz CT molecular complexity index is 2990. The number of phenols is 1. The number of hydrogen-bond donors (Lipinski definition) is 13. The Morgan fingerprint density at radius 3 is 1.76 bits per heavy atom. The van der Waals surface area contributed by atoms with E-state index in [4.69, 9.17) is 9.47 Å². The van der Waals surface area contributed by atoms with Gasteiger partial charge in [0.15, 0.2) is 6.23 Å². The number of nitrogens with zero attached hydrogens (tertiary/aromatic N) is 3. The Labute approximate surface area is 504 Å². The highest BCUT2D eigenvalue weighted by Crippen LogP contribution is 2.30. The largest absolute Gasteiger partial charge is 0.508 e. The number of phenolic OH excluding ortho intramolecular Hbond substituents is 1. The van der Waals surface area contributed by atoms with Gasteiger partial charge in [0.05, 0.1) is 37.6 Å². The number of fused-ring (bicyclic) bond motifs is 2. The molecule has 0 aliphatic carbocycles. The normalized spacial score (nSPS) is 26.7. The number of likely N-dealkylation sites (N-methyl/N-ethyl adjacent to an activating group) is 1. The van der Waals surface area contributed by atoms with Crippen molar-refractivity contribution in [2.75, 3.05) is 46.9 Å². The second kappa shape index (κ2) is 30.4. The lowest BCUT2D eigenvalue weighted by atomic mass is 9.96. The smallest absolute Gasteiger partial charge is 0.251 e. The van der Waals surface area contributed by atoms with Gasteiger partial charge in [-0.15, -0.1) is 0 Å². The van der Waals surface area contributed by atoms with E-state index >= 15 is 0 Å². The van der Waals surface area contributed by atoms with E-state index in [-0.39, 0.29) is 36.6 Å². The molecule has 7 rings (SSSR count). The fraction of sp³-hybridized carbons (Fsp3) is 0.500. The number of nitrogens with one attached hydrogen (secondary N) is 5. The van der Waals surface area contributed by atoms with Crippen molar-refractivity contribution in [1.82, 2.24) is 41.3 Å². The molecule has 4 aromatic carbocycles. The third-order valence-corrected chi connectivity index (χ3v) is 15.9. The first-order valence-corrected chi connectivity index (χ1v) is 29.3. The van der Waals surface area contributed by atoms with Crippen molar-refractivity contribution >= 4 is 41.4 Å². The molecule has 0 bridgehead atoms. The number of carbonyl (C=O) groups is 7. The number of ether oxygens (including phenoxy) is 2. The van der Waals surface area contributed by atoms with Crippen molar-refractivity contribution < 1.29 is 83.9 Å². The number of aromatic hydroxyl groups is 1. The zero-order valence-corrected chi connectivity index (χ0v) is 49.6. The van der Waals surface area contributed by atoms with Crippen LogP contribution in [0.3, 0.4) is 0 Å². The van der Waals surface area contributed by atoms with Gasteiger partial charge < -0.3 is 91.6 Å². The lowest BCUT2D eigenvalue weighted by Gasteiger charge is -2.34. The lowest BCUT2D eigenvalue weighted by Crippen LogP contribution is -2.64. The number of aliphatic hydroxyl groups excluding tert-OH is 7. The average Bonchev–Trinajstić information content (AvgIpc) is 2.34. The van der Waals surface area contributed by atoms with Crippen molar-refractivity contribution in [3.63, 3.8) is 0 Å². The van der Waals surface area contributed by atoms with Gasteiger partial charge in [0.25, 0.3) is 5.91 Å². The molecular formula is C62H82N8O17. The summed E-state index contributed by atoms with van der Waals surface area (Å²) in [5.41, 5.74) is 3.47. The summed E-state index contributed by atoms with van der Waals surface area (Å²) in [7, 11) is 3.43.